The fourth-order valence-corrected chi connectivity index (χ4v) is 8.56. The second-order valence-electron chi connectivity index (χ2n) is 15.5. The van der Waals surface area contributed by atoms with E-state index in [1.807, 2.05) is 124 Å². The van der Waals surface area contributed by atoms with Gasteiger partial charge in [0.15, 0.2) is 5.75 Å². The number of nitrogens with zero attached hydrogens (tertiary/aromatic N) is 4. The van der Waals surface area contributed by atoms with Crippen LogP contribution in [0.25, 0.3) is 38.9 Å². The van der Waals surface area contributed by atoms with Gasteiger partial charge in [0.2, 0.25) is 0 Å². The van der Waals surface area contributed by atoms with Gasteiger partial charge in [0.1, 0.15) is 18.1 Å². The number of ether oxygens (including phenoxy) is 2. The highest BCUT2D eigenvalue weighted by molar-refractivity contribution is 6.18. The number of para-hydroxylation sites is 1. The van der Waals surface area contributed by atoms with Gasteiger partial charge in [-0.05, 0) is 122 Å². The first-order chi connectivity index (χ1) is 31.6. The normalized spacial score (nSPS) is 17.4. The fourth-order valence-electron chi connectivity index (χ4n) is 8.56. The summed E-state index contributed by atoms with van der Waals surface area (Å²) >= 11 is 0. The lowest BCUT2D eigenvalue weighted by atomic mass is 9.92. The molecule has 2 aliphatic heterocycles. The molecule has 320 valence electrons. The van der Waals surface area contributed by atoms with Crippen LogP contribution < -0.4 is 14.9 Å². The molecule has 6 nitrogen and oxygen atoms in total. The molecule has 2 heterocycles. The lowest BCUT2D eigenvalue weighted by Gasteiger charge is -2.31. The number of allylic oxidation sites excluding steroid dienone is 14. The molecule has 0 radical (unpaired) electrons. The highest BCUT2D eigenvalue weighted by Crippen LogP contribution is 2.47. The van der Waals surface area contributed by atoms with Crippen molar-refractivity contribution in [3.05, 3.63) is 234 Å². The topological polar surface area (TPSA) is 72.5 Å². The van der Waals surface area contributed by atoms with Crippen molar-refractivity contribution < 1.29 is 9.47 Å². The Morgan fingerprint density at radius 2 is 1.63 bits per heavy atom. The summed E-state index contributed by atoms with van der Waals surface area (Å²) in [7, 11) is 0. The molecule has 5 aromatic carbocycles. The molecule has 0 amide bonds. The average Bonchev–Trinajstić information content (AvgIpc) is 3.68. The predicted molar refractivity (Wildman–Crippen MR) is 272 cm³/mol. The van der Waals surface area contributed by atoms with Gasteiger partial charge in [0.25, 0.3) is 0 Å². The van der Waals surface area contributed by atoms with Crippen molar-refractivity contribution >= 4 is 56.0 Å². The number of fused-ring (bicyclic) bond motifs is 1. The van der Waals surface area contributed by atoms with E-state index in [0.717, 1.165) is 89.0 Å². The first kappa shape index (κ1) is 44.7. The zero-order valence-electron chi connectivity index (χ0n) is 37.7. The first-order valence-electron chi connectivity index (χ1n) is 21.6. The van der Waals surface area contributed by atoms with Gasteiger partial charge in [0, 0.05) is 50.3 Å². The Labute approximate surface area is 383 Å². The molecule has 1 atom stereocenters. The molecule has 0 bridgehead atoms. The van der Waals surface area contributed by atoms with Crippen molar-refractivity contribution in [1.82, 2.24) is 4.90 Å². The van der Waals surface area contributed by atoms with Crippen molar-refractivity contribution in [2.24, 2.45) is 5.92 Å². The SMILES string of the molecule is C=CC1=C(/C=C\C)O/C(=C(/C=C\C)N(C(=C)/C=C\C(C#N)=C/C)/C(C)=c2\ccc3ccc(N(c4ccc(C#N)cc4)c4cccc5c4OC/C=C\C=C/C5=C)c4ccc(C=C)c2c34)[C@@H]1C. The predicted octanol–water partition coefficient (Wildman–Crippen LogP) is 14.7. The summed E-state index contributed by atoms with van der Waals surface area (Å²) in [5.74, 6) is 2.07. The molecule has 0 unspecified atom stereocenters. The minimum absolute atomic E-state index is 0.118. The summed E-state index contributed by atoms with van der Waals surface area (Å²) in [6.07, 6.45) is 25.1. The van der Waals surface area contributed by atoms with Crippen molar-refractivity contribution in [2.75, 3.05) is 11.5 Å². The second kappa shape index (κ2) is 19.8. The van der Waals surface area contributed by atoms with Crippen molar-refractivity contribution in [3.63, 3.8) is 0 Å². The molecule has 7 rings (SSSR count). The van der Waals surface area contributed by atoms with Gasteiger partial charge in [-0.25, -0.2) is 0 Å². The van der Waals surface area contributed by atoms with Crippen LogP contribution in [0.5, 0.6) is 5.75 Å². The van der Waals surface area contributed by atoms with Crippen LogP contribution in [0.3, 0.4) is 0 Å². The molecule has 2 aliphatic rings. The van der Waals surface area contributed by atoms with Gasteiger partial charge in [-0.2, -0.15) is 10.5 Å². The lowest BCUT2D eigenvalue weighted by molar-refractivity contribution is 0.307. The molecule has 0 aromatic heterocycles. The summed E-state index contributed by atoms with van der Waals surface area (Å²) in [6.45, 7) is 27.8. The van der Waals surface area contributed by atoms with Crippen molar-refractivity contribution in [2.45, 2.75) is 34.6 Å². The number of nitriles is 2. The van der Waals surface area contributed by atoms with E-state index in [1.54, 1.807) is 12.2 Å². The molecule has 0 saturated heterocycles. The molecule has 65 heavy (non-hydrogen) atoms. The van der Waals surface area contributed by atoms with Crippen LogP contribution in [0.4, 0.5) is 17.1 Å². The Kier molecular flexibility index (Phi) is 13.6. The maximum Gasteiger partial charge on any atom is 0.151 e. The third-order valence-electron chi connectivity index (χ3n) is 11.7. The third-order valence-corrected chi connectivity index (χ3v) is 11.7. The van der Waals surface area contributed by atoms with E-state index in [9.17, 15) is 10.5 Å². The van der Waals surface area contributed by atoms with E-state index in [0.29, 0.717) is 29.2 Å². The highest BCUT2D eigenvalue weighted by atomic mass is 16.5. The maximum absolute atomic E-state index is 9.86. The second-order valence-corrected chi connectivity index (χ2v) is 15.5. The summed E-state index contributed by atoms with van der Waals surface area (Å²) < 4.78 is 13.3. The molecule has 0 saturated carbocycles. The molecule has 5 aromatic rings. The smallest absolute Gasteiger partial charge is 0.151 e. The zero-order chi connectivity index (χ0) is 46.2. The standard InChI is InChI=1S/C59H52N4O2/c1-10-19-53(58-41(8)48(14-5)55(65-58)20-11-2)62(40(7)24-25-43(12-3)37-60)42(9)50-33-29-46-30-35-52(51-34-28-45(13-4)56(50)57(46)51)63(47-31-26-44(38-61)27-32-47)54-23-18-22-49-39(6)21-16-15-17-36-64-59(49)54/h10-35,41H,4-7,36H2,1-3,8-9H3/b17-15-,19-10-,20-11-,21-16-,25-24-,43-12+,50-42+,58-53-/t41-/m1/s1. The Bertz CT molecular complexity index is 3170. The Balaban J connectivity index is 1.57. The van der Waals surface area contributed by atoms with Crippen LogP contribution in [0.1, 0.15) is 51.3 Å². The molecular formula is C59H52N4O2. The van der Waals surface area contributed by atoms with Crippen LogP contribution >= 0.6 is 0 Å². The van der Waals surface area contributed by atoms with E-state index in [2.05, 4.69) is 105 Å². The molecular weight excluding hydrogens is 797 g/mol. The minimum Gasteiger partial charge on any atom is -0.487 e. The summed E-state index contributed by atoms with van der Waals surface area (Å²) in [6, 6.07) is 31.2. The number of hydrogen-bond acceptors (Lipinski definition) is 6. The van der Waals surface area contributed by atoms with Gasteiger partial charge in [-0.15, -0.1) is 0 Å². The molecule has 0 N–H and O–H groups in total. The molecule has 0 spiro atoms. The number of benzene rings is 5. The van der Waals surface area contributed by atoms with E-state index in [4.69, 9.17) is 9.47 Å². The van der Waals surface area contributed by atoms with Gasteiger partial charge >= 0.3 is 0 Å². The maximum atomic E-state index is 9.86. The van der Waals surface area contributed by atoms with Crippen molar-refractivity contribution in [3.8, 4) is 17.9 Å². The van der Waals surface area contributed by atoms with Crippen molar-refractivity contribution in [1.29, 1.82) is 10.5 Å². The Morgan fingerprint density at radius 1 is 0.846 bits per heavy atom. The Morgan fingerprint density at radius 3 is 2.32 bits per heavy atom. The summed E-state index contributed by atoms with van der Waals surface area (Å²) in [5.41, 5.74) is 9.63. The van der Waals surface area contributed by atoms with Gasteiger partial charge < -0.3 is 19.3 Å². The molecule has 6 heteroatoms. The van der Waals surface area contributed by atoms with Crippen LogP contribution in [-0.2, 0) is 4.74 Å². The summed E-state index contributed by atoms with van der Waals surface area (Å²) in [5, 5.41) is 24.7. The van der Waals surface area contributed by atoms with Crippen LogP contribution in [0.15, 0.2) is 212 Å². The van der Waals surface area contributed by atoms with Gasteiger partial charge in [-0.1, -0.05) is 124 Å². The quantitative estimate of drug-likeness (QED) is 0.0920. The fraction of sp³-hybridized carbons (Fsp3) is 0.119. The lowest BCUT2D eigenvalue weighted by Crippen LogP contribution is -2.26. The minimum atomic E-state index is -0.118. The monoisotopic (exact) mass is 848 g/mol. The first-order valence-corrected chi connectivity index (χ1v) is 21.6. The zero-order valence-corrected chi connectivity index (χ0v) is 37.7. The van der Waals surface area contributed by atoms with Crippen LogP contribution in [-0.4, -0.2) is 11.5 Å². The molecule has 0 fully saturated rings. The average molecular weight is 849 g/mol. The number of hydrogen-bond donors (Lipinski definition) is 0. The Hall–Kier alpha value is -8.32. The third kappa shape index (κ3) is 8.59. The number of anilines is 3. The largest absolute Gasteiger partial charge is 0.487 e. The van der Waals surface area contributed by atoms with Crippen LogP contribution in [0, 0.1) is 28.6 Å². The van der Waals surface area contributed by atoms with E-state index < -0.39 is 0 Å². The van der Waals surface area contributed by atoms with Gasteiger partial charge in [-0.3, -0.25) is 0 Å². The number of rotatable bonds is 12. The molecule has 0 aliphatic carbocycles. The van der Waals surface area contributed by atoms with Crippen LogP contribution in [0.2, 0.25) is 0 Å². The van der Waals surface area contributed by atoms with E-state index in [1.165, 1.54) is 0 Å². The summed E-state index contributed by atoms with van der Waals surface area (Å²) in [4.78, 5) is 4.32. The highest BCUT2D eigenvalue weighted by Gasteiger charge is 2.31. The van der Waals surface area contributed by atoms with E-state index >= 15 is 0 Å². The van der Waals surface area contributed by atoms with Gasteiger partial charge in [0.05, 0.1) is 34.8 Å². The van der Waals surface area contributed by atoms with E-state index in [-0.39, 0.29) is 5.92 Å².